The predicted octanol–water partition coefficient (Wildman–Crippen LogP) is 4.26. The molecule has 3 aromatic rings. The summed E-state index contributed by atoms with van der Waals surface area (Å²) in [5.41, 5.74) is 7.69. The van der Waals surface area contributed by atoms with Gasteiger partial charge in [-0.3, -0.25) is 14.5 Å². The summed E-state index contributed by atoms with van der Waals surface area (Å²) in [6.45, 7) is 4.05. The Morgan fingerprint density at radius 2 is 2.25 bits per heavy atom. The number of nitrogens with zero attached hydrogens (tertiary/aromatic N) is 5. The second-order valence-corrected chi connectivity index (χ2v) is 12.1. The number of nitriles is 1. The zero-order chi connectivity index (χ0) is 25.4. The SMILES string of the molecule is CC1(C)CC(=O)C2=C(C1)N(c1nnc(SCC(=O)Nc3nccs3)s1)C(N)=C(C#N)C2c1ccco1. The number of furan rings is 1. The Hall–Kier alpha value is -3.47. The number of rotatable bonds is 6. The molecule has 0 spiro atoms. The third-order valence-electron chi connectivity index (χ3n) is 5.80. The molecule has 1 aliphatic carbocycles. The molecule has 0 radical (unpaired) electrons. The summed E-state index contributed by atoms with van der Waals surface area (Å²) < 4.78 is 6.18. The van der Waals surface area contributed by atoms with Gasteiger partial charge in [-0.05, 0) is 24.0 Å². The van der Waals surface area contributed by atoms with Crippen molar-refractivity contribution in [2.24, 2.45) is 11.1 Å². The van der Waals surface area contributed by atoms with Crippen molar-refractivity contribution in [3.8, 4) is 6.07 Å². The van der Waals surface area contributed by atoms with Crippen LogP contribution in [0.4, 0.5) is 10.3 Å². The Labute approximate surface area is 218 Å². The molecule has 3 N–H and O–H groups in total. The average molecular weight is 540 g/mol. The number of anilines is 2. The Morgan fingerprint density at radius 1 is 1.42 bits per heavy atom. The highest BCUT2D eigenvalue weighted by Gasteiger charge is 2.46. The van der Waals surface area contributed by atoms with E-state index in [1.807, 2.05) is 13.8 Å². The number of nitrogens with one attached hydrogen (secondary N) is 1. The van der Waals surface area contributed by atoms with E-state index in [0.29, 0.717) is 44.5 Å². The average Bonchev–Trinajstić information content (AvgIpc) is 3.59. The number of thioether (sulfide) groups is 1. The van der Waals surface area contributed by atoms with Crippen LogP contribution in [0.5, 0.6) is 0 Å². The smallest absolute Gasteiger partial charge is 0.236 e. The standard InChI is InChI=1S/C23H21N7O3S3/c1-23(2)8-13-18(14(31)9-23)17(15-4-3-6-33-15)12(10-24)19(25)30(13)21-28-29-22(36-21)35-11-16(32)27-20-26-5-7-34-20/h3-7,17H,8-9,11,25H2,1-2H3,(H,26,27,32). The van der Waals surface area contributed by atoms with Crippen LogP contribution in [0.2, 0.25) is 0 Å². The fourth-order valence-corrected chi connectivity index (χ4v) is 6.61. The molecular formula is C23H21N7O3S3. The Kier molecular flexibility index (Phi) is 6.42. The van der Waals surface area contributed by atoms with Gasteiger partial charge in [0.15, 0.2) is 15.3 Å². The van der Waals surface area contributed by atoms with Gasteiger partial charge in [-0.15, -0.1) is 21.5 Å². The lowest BCUT2D eigenvalue weighted by atomic mass is 9.69. The second kappa shape index (κ2) is 9.53. The zero-order valence-corrected chi connectivity index (χ0v) is 21.8. The van der Waals surface area contributed by atoms with Gasteiger partial charge in [-0.1, -0.05) is 36.9 Å². The number of aromatic nitrogens is 3. The first-order chi connectivity index (χ1) is 17.3. The van der Waals surface area contributed by atoms with Gasteiger partial charge >= 0.3 is 0 Å². The third kappa shape index (κ3) is 4.55. The summed E-state index contributed by atoms with van der Waals surface area (Å²) in [5.74, 6) is -0.112. The minimum absolute atomic E-state index is 0.0501. The van der Waals surface area contributed by atoms with E-state index in [-0.39, 0.29) is 34.3 Å². The maximum Gasteiger partial charge on any atom is 0.236 e. The molecule has 1 unspecified atom stereocenters. The fraction of sp³-hybridized carbons (Fsp3) is 0.304. The highest BCUT2D eigenvalue weighted by atomic mass is 32.2. The molecule has 10 nitrogen and oxygen atoms in total. The number of allylic oxidation sites excluding steroid dienone is 3. The van der Waals surface area contributed by atoms with Gasteiger partial charge in [-0.25, -0.2) is 4.98 Å². The summed E-state index contributed by atoms with van der Waals surface area (Å²) >= 11 is 3.82. The van der Waals surface area contributed by atoms with Gasteiger partial charge in [-0.2, -0.15) is 5.26 Å². The van der Waals surface area contributed by atoms with Gasteiger partial charge in [0.2, 0.25) is 11.0 Å². The lowest BCUT2D eigenvalue weighted by Gasteiger charge is -2.42. The van der Waals surface area contributed by atoms with Crippen LogP contribution in [0.3, 0.4) is 0 Å². The molecule has 1 atom stereocenters. The van der Waals surface area contributed by atoms with Crippen molar-refractivity contribution >= 4 is 56.4 Å². The van der Waals surface area contributed by atoms with Crippen molar-refractivity contribution in [2.45, 2.75) is 36.9 Å². The summed E-state index contributed by atoms with van der Waals surface area (Å²) in [4.78, 5) is 31.4. The number of nitrogens with two attached hydrogens (primary N) is 1. The van der Waals surface area contributed by atoms with Gasteiger partial charge < -0.3 is 15.5 Å². The molecule has 0 saturated heterocycles. The number of ketones is 1. The highest BCUT2D eigenvalue weighted by Crippen LogP contribution is 2.50. The monoisotopic (exact) mass is 539 g/mol. The predicted molar refractivity (Wildman–Crippen MR) is 137 cm³/mol. The van der Waals surface area contributed by atoms with Crippen LogP contribution in [-0.2, 0) is 9.59 Å². The minimum Gasteiger partial charge on any atom is -0.468 e. The Bertz CT molecular complexity index is 1420. The third-order valence-corrected chi connectivity index (χ3v) is 8.53. The molecular weight excluding hydrogens is 519 g/mol. The van der Waals surface area contributed by atoms with Crippen LogP contribution >= 0.6 is 34.4 Å². The minimum atomic E-state index is -0.670. The molecule has 1 aliphatic heterocycles. The summed E-state index contributed by atoms with van der Waals surface area (Å²) in [7, 11) is 0. The van der Waals surface area contributed by atoms with Crippen molar-refractivity contribution in [1.82, 2.24) is 15.2 Å². The molecule has 4 heterocycles. The molecule has 0 fully saturated rings. The number of Topliss-reactive ketones (excluding diaryl/α,β-unsaturated/α-hetero) is 1. The Balaban J connectivity index is 1.48. The van der Waals surface area contributed by atoms with Crippen molar-refractivity contribution < 1.29 is 14.0 Å². The number of carbonyl (C=O) groups excluding carboxylic acids is 2. The van der Waals surface area contributed by atoms with E-state index < -0.39 is 5.92 Å². The quantitative estimate of drug-likeness (QED) is 0.435. The number of hydrogen-bond donors (Lipinski definition) is 2. The fourth-order valence-electron chi connectivity index (χ4n) is 4.39. The van der Waals surface area contributed by atoms with Gasteiger partial charge in [0.05, 0.1) is 29.6 Å². The van der Waals surface area contributed by atoms with E-state index in [1.54, 1.807) is 28.6 Å². The first kappa shape index (κ1) is 24.2. The van der Waals surface area contributed by atoms with Crippen molar-refractivity contribution in [3.63, 3.8) is 0 Å². The van der Waals surface area contributed by atoms with E-state index >= 15 is 0 Å². The molecule has 13 heteroatoms. The second-order valence-electron chi connectivity index (χ2n) is 9.02. The molecule has 184 valence electrons. The van der Waals surface area contributed by atoms with Crippen LogP contribution in [-0.4, -0.2) is 32.6 Å². The zero-order valence-electron chi connectivity index (χ0n) is 19.3. The largest absolute Gasteiger partial charge is 0.468 e. The maximum atomic E-state index is 13.4. The maximum absolute atomic E-state index is 13.4. The van der Waals surface area contributed by atoms with Crippen molar-refractivity contribution in [2.75, 3.05) is 16.0 Å². The number of thiazole rings is 1. The molecule has 1 amide bonds. The number of amides is 1. The normalized spacial score (nSPS) is 19.3. The van der Waals surface area contributed by atoms with E-state index in [1.165, 1.54) is 40.7 Å². The number of carbonyl (C=O) groups is 2. The van der Waals surface area contributed by atoms with Crippen molar-refractivity contribution in [3.05, 3.63) is 58.4 Å². The molecule has 2 aliphatic rings. The number of hydrogen-bond acceptors (Lipinski definition) is 12. The molecule has 0 bridgehead atoms. The molecule has 3 aromatic heterocycles. The first-order valence-electron chi connectivity index (χ1n) is 10.9. The van der Waals surface area contributed by atoms with Crippen molar-refractivity contribution in [1.29, 1.82) is 5.26 Å². The van der Waals surface area contributed by atoms with E-state index in [4.69, 9.17) is 10.2 Å². The van der Waals surface area contributed by atoms with Crippen LogP contribution in [0.15, 0.2) is 61.4 Å². The molecule has 5 rings (SSSR count). The van der Waals surface area contributed by atoms with Gasteiger partial charge in [0, 0.05) is 29.3 Å². The van der Waals surface area contributed by atoms with Crippen LogP contribution in [0.1, 0.15) is 38.4 Å². The van der Waals surface area contributed by atoms with E-state index in [2.05, 4.69) is 26.6 Å². The van der Waals surface area contributed by atoms with Crippen LogP contribution < -0.4 is 16.0 Å². The van der Waals surface area contributed by atoms with Gasteiger partial charge in [0.25, 0.3) is 0 Å². The van der Waals surface area contributed by atoms with E-state index in [0.717, 1.165) is 0 Å². The summed E-state index contributed by atoms with van der Waals surface area (Å²) in [6.07, 6.45) is 4.04. The lowest BCUT2D eigenvalue weighted by Crippen LogP contribution is -2.42. The molecule has 0 aromatic carbocycles. The lowest BCUT2D eigenvalue weighted by molar-refractivity contribution is -0.118. The first-order valence-corrected chi connectivity index (χ1v) is 13.6. The topological polar surface area (TPSA) is 151 Å². The van der Waals surface area contributed by atoms with Crippen LogP contribution in [0.25, 0.3) is 0 Å². The van der Waals surface area contributed by atoms with Crippen LogP contribution in [0, 0.1) is 16.7 Å². The summed E-state index contributed by atoms with van der Waals surface area (Å²) in [6, 6.07) is 5.67. The molecule has 0 saturated carbocycles. The van der Waals surface area contributed by atoms with Gasteiger partial charge in [0.1, 0.15) is 11.6 Å². The highest BCUT2D eigenvalue weighted by molar-refractivity contribution is 8.01. The van der Waals surface area contributed by atoms with E-state index in [9.17, 15) is 14.9 Å². The molecule has 36 heavy (non-hydrogen) atoms. The Morgan fingerprint density at radius 3 is 2.94 bits per heavy atom. The summed E-state index contributed by atoms with van der Waals surface area (Å²) in [5, 5.41) is 24.0.